The van der Waals surface area contributed by atoms with Crippen LogP contribution in [0.2, 0.25) is 0 Å². The Morgan fingerprint density at radius 3 is 2.55 bits per heavy atom. The third-order valence-electron chi connectivity index (χ3n) is 2.69. The first-order valence-electron chi connectivity index (χ1n) is 6.49. The molecule has 0 heterocycles. The Hall–Kier alpha value is -1.42. The van der Waals surface area contributed by atoms with Gasteiger partial charge in [0.2, 0.25) is 0 Å². The molecule has 1 atom stereocenters. The van der Waals surface area contributed by atoms with Gasteiger partial charge in [0.25, 0.3) is 0 Å². The summed E-state index contributed by atoms with van der Waals surface area (Å²) in [6, 6.07) is 5.51. The molecular weight excluding hydrogens is 278 g/mol. The molecule has 0 aliphatic carbocycles. The highest BCUT2D eigenvalue weighted by Gasteiger charge is 2.18. The fraction of sp³-hybridized carbons (Fsp3) is 0.533. The summed E-state index contributed by atoms with van der Waals surface area (Å²) in [5.41, 5.74) is 1.34. The van der Waals surface area contributed by atoms with Gasteiger partial charge in [-0.15, -0.1) is 11.6 Å². The quantitative estimate of drug-likeness (QED) is 0.854. The number of carbonyl (C=O) groups is 1. The number of methoxy groups -OCH3 is 1. The molecule has 0 saturated carbocycles. The number of rotatable bonds is 4. The minimum Gasteiger partial charge on any atom is -0.496 e. The predicted octanol–water partition coefficient (Wildman–Crippen LogP) is 4.02. The van der Waals surface area contributed by atoms with Crippen LogP contribution in [-0.4, -0.2) is 18.8 Å². The molecule has 0 saturated heterocycles. The fourth-order valence-electron chi connectivity index (χ4n) is 1.71. The lowest BCUT2D eigenvalue weighted by atomic mass is 10.1. The Balaban J connectivity index is 2.77. The molecule has 1 N–H and O–H groups in total. The summed E-state index contributed by atoms with van der Waals surface area (Å²) in [6.45, 7) is 7.37. The van der Waals surface area contributed by atoms with Crippen LogP contribution in [-0.2, 0) is 10.6 Å². The summed E-state index contributed by atoms with van der Waals surface area (Å²) in [5, 5.41) is 2.79. The van der Waals surface area contributed by atoms with Gasteiger partial charge in [-0.05, 0) is 39.3 Å². The van der Waals surface area contributed by atoms with Crippen LogP contribution in [0, 0.1) is 0 Å². The zero-order valence-corrected chi connectivity index (χ0v) is 13.4. The largest absolute Gasteiger partial charge is 0.496 e. The molecule has 1 aromatic rings. The van der Waals surface area contributed by atoms with Crippen LogP contribution in [0.15, 0.2) is 18.2 Å². The number of alkyl halides is 1. The van der Waals surface area contributed by atoms with Gasteiger partial charge in [-0.25, -0.2) is 4.79 Å². The Bertz CT molecular complexity index is 469. The summed E-state index contributed by atoms with van der Waals surface area (Å²) >= 11 is 5.83. The molecule has 0 spiro atoms. The van der Waals surface area contributed by atoms with E-state index >= 15 is 0 Å². The van der Waals surface area contributed by atoms with Crippen molar-refractivity contribution < 1.29 is 14.3 Å². The van der Waals surface area contributed by atoms with Crippen molar-refractivity contribution in [3.8, 4) is 5.75 Å². The molecule has 112 valence electrons. The van der Waals surface area contributed by atoms with Crippen molar-refractivity contribution in [2.75, 3.05) is 7.11 Å². The van der Waals surface area contributed by atoms with Gasteiger partial charge in [0.1, 0.15) is 11.4 Å². The van der Waals surface area contributed by atoms with Crippen molar-refractivity contribution >= 4 is 17.7 Å². The molecule has 0 radical (unpaired) electrons. The summed E-state index contributed by atoms with van der Waals surface area (Å²) in [4.78, 5) is 11.7. The van der Waals surface area contributed by atoms with Gasteiger partial charge in [0.05, 0.1) is 19.0 Å². The summed E-state index contributed by atoms with van der Waals surface area (Å²) in [6.07, 6.45) is -0.439. The van der Waals surface area contributed by atoms with E-state index in [0.717, 1.165) is 16.9 Å². The lowest BCUT2D eigenvalue weighted by Crippen LogP contribution is -2.34. The summed E-state index contributed by atoms with van der Waals surface area (Å²) in [5.74, 6) is 1.10. The van der Waals surface area contributed by atoms with Crippen molar-refractivity contribution in [3.05, 3.63) is 29.3 Å². The third-order valence-corrected chi connectivity index (χ3v) is 2.98. The van der Waals surface area contributed by atoms with E-state index in [0.29, 0.717) is 5.88 Å². The second-order valence-corrected chi connectivity index (χ2v) is 5.84. The Kier molecular flexibility index (Phi) is 5.69. The van der Waals surface area contributed by atoms with E-state index in [1.165, 1.54) is 0 Å². The maximum atomic E-state index is 11.7. The Labute approximate surface area is 125 Å². The second kappa shape index (κ2) is 6.84. The fourth-order valence-corrected chi connectivity index (χ4v) is 1.93. The predicted molar refractivity (Wildman–Crippen MR) is 80.3 cm³/mol. The van der Waals surface area contributed by atoms with Gasteiger partial charge in [0, 0.05) is 5.56 Å². The normalized spacial score (nSPS) is 12.7. The average Bonchev–Trinajstić information content (AvgIpc) is 2.35. The monoisotopic (exact) mass is 299 g/mol. The van der Waals surface area contributed by atoms with Crippen LogP contribution < -0.4 is 10.1 Å². The van der Waals surface area contributed by atoms with Crippen molar-refractivity contribution in [2.45, 2.75) is 45.2 Å². The van der Waals surface area contributed by atoms with E-state index < -0.39 is 11.7 Å². The number of alkyl carbamates (subject to hydrolysis) is 1. The number of nitrogens with one attached hydrogen (secondary N) is 1. The van der Waals surface area contributed by atoms with Gasteiger partial charge in [-0.3, -0.25) is 0 Å². The molecule has 0 aliphatic rings. The van der Waals surface area contributed by atoms with Gasteiger partial charge < -0.3 is 14.8 Å². The zero-order chi connectivity index (χ0) is 15.3. The maximum Gasteiger partial charge on any atom is 0.408 e. The van der Waals surface area contributed by atoms with Crippen LogP contribution in [0.1, 0.15) is 44.9 Å². The van der Waals surface area contributed by atoms with Crippen molar-refractivity contribution in [1.82, 2.24) is 5.32 Å². The highest BCUT2D eigenvalue weighted by atomic mass is 35.5. The molecule has 1 amide bonds. The van der Waals surface area contributed by atoms with Crippen molar-refractivity contribution in [3.63, 3.8) is 0 Å². The van der Waals surface area contributed by atoms with Gasteiger partial charge in [0.15, 0.2) is 0 Å². The molecule has 1 unspecified atom stereocenters. The van der Waals surface area contributed by atoms with Gasteiger partial charge in [-0.2, -0.15) is 0 Å². The van der Waals surface area contributed by atoms with E-state index in [4.69, 9.17) is 21.1 Å². The third kappa shape index (κ3) is 4.93. The molecule has 0 aromatic heterocycles. The topological polar surface area (TPSA) is 47.6 Å². The molecule has 1 aromatic carbocycles. The van der Waals surface area contributed by atoms with Crippen molar-refractivity contribution in [2.24, 2.45) is 0 Å². The first kappa shape index (κ1) is 16.6. The van der Waals surface area contributed by atoms with Crippen LogP contribution >= 0.6 is 11.6 Å². The zero-order valence-electron chi connectivity index (χ0n) is 12.6. The molecule has 20 heavy (non-hydrogen) atoms. The Morgan fingerprint density at radius 1 is 1.40 bits per heavy atom. The van der Waals surface area contributed by atoms with E-state index in [1.807, 2.05) is 45.9 Å². The maximum absolute atomic E-state index is 11.7. The minimum absolute atomic E-state index is 0.178. The lowest BCUT2D eigenvalue weighted by Gasteiger charge is -2.22. The van der Waals surface area contributed by atoms with E-state index in [-0.39, 0.29) is 6.04 Å². The molecule has 0 bridgehead atoms. The highest BCUT2D eigenvalue weighted by Crippen LogP contribution is 2.25. The SMILES string of the molecule is COc1cc(C(C)NC(=O)OC(C)(C)C)ccc1CCl. The first-order valence-corrected chi connectivity index (χ1v) is 7.02. The number of carbonyl (C=O) groups excluding carboxylic acids is 1. The van der Waals surface area contributed by atoms with Crippen LogP contribution in [0.5, 0.6) is 5.75 Å². The highest BCUT2D eigenvalue weighted by molar-refractivity contribution is 6.17. The first-order chi connectivity index (χ1) is 9.26. The lowest BCUT2D eigenvalue weighted by molar-refractivity contribution is 0.0508. The molecular formula is C15H22ClNO3. The molecule has 5 heteroatoms. The van der Waals surface area contributed by atoms with E-state index in [9.17, 15) is 4.79 Å². The number of halogens is 1. The van der Waals surface area contributed by atoms with Crippen LogP contribution in [0.4, 0.5) is 4.79 Å². The number of hydrogen-bond acceptors (Lipinski definition) is 3. The van der Waals surface area contributed by atoms with Crippen molar-refractivity contribution in [1.29, 1.82) is 0 Å². The molecule has 1 rings (SSSR count). The summed E-state index contributed by atoms with van der Waals surface area (Å²) in [7, 11) is 1.60. The smallest absolute Gasteiger partial charge is 0.408 e. The second-order valence-electron chi connectivity index (χ2n) is 5.57. The van der Waals surface area contributed by atoms with Crippen LogP contribution in [0.3, 0.4) is 0 Å². The number of hydrogen-bond donors (Lipinski definition) is 1. The van der Waals surface area contributed by atoms with E-state index in [1.54, 1.807) is 7.11 Å². The number of amides is 1. The Morgan fingerprint density at radius 2 is 2.05 bits per heavy atom. The molecule has 4 nitrogen and oxygen atoms in total. The van der Waals surface area contributed by atoms with E-state index in [2.05, 4.69) is 5.32 Å². The average molecular weight is 300 g/mol. The minimum atomic E-state index is -0.510. The van der Waals surface area contributed by atoms with Crippen LogP contribution in [0.25, 0.3) is 0 Å². The number of benzene rings is 1. The summed E-state index contributed by atoms with van der Waals surface area (Å²) < 4.78 is 10.5. The number of ether oxygens (including phenoxy) is 2. The molecule has 0 fully saturated rings. The van der Waals surface area contributed by atoms with Gasteiger partial charge >= 0.3 is 6.09 Å². The standard InChI is InChI=1S/C15H22ClNO3/c1-10(17-14(18)20-15(2,3)4)11-6-7-12(9-16)13(8-11)19-5/h6-8,10H,9H2,1-5H3,(H,17,18). The molecule has 0 aliphatic heterocycles. The van der Waals surface area contributed by atoms with Gasteiger partial charge in [-0.1, -0.05) is 12.1 Å².